The summed E-state index contributed by atoms with van der Waals surface area (Å²) in [6.45, 7) is 5.81. The summed E-state index contributed by atoms with van der Waals surface area (Å²) in [6.07, 6.45) is 3.82. The Kier molecular flexibility index (Phi) is 6.85. The highest BCUT2D eigenvalue weighted by atomic mass is 16.6. The molecule has 0 saturated heterocycles. The molecular formula is C20H29NO4. The van der Waals surface area contributed by atoms with Gasteiger partial charge in [-0.15, -0.1) is 0 Å². The van der Waals surface area contributed by atoms with Crippen LogP contribution in [0, 0.1) is 5.92 Å². The molecule has 0 spiro atoms. The highest BCUT2D eigenvalue weighted by molar-refractivity contribution is 5.71. The average molecular weight is 347 g/mol. The van der Waals surface area contributed by atoms with E-state index in [4.69, 9.17) is 9.47 Å². The second-order valence-corrected chi connectivity index (χ2v) is 7.65. The van der Waals surface area contributed by atoms with E-state index in [1.807, 2.05) is 51.1 Å². The summed E-state index contributed by atoms with van der Waals surface area (Å²) in [5.41, 5.74) is 0.450. The summed E-state index contributed by atoms with van der Waals surface area (Å²) in [4.78, 5) is 24.2. The van der Waals surface area contributed by atoms with Crippen LogP contribution in [0.25, 0.3) is 0 Å². The third-order valence-electron chi connectivity index (χ3n) is 4.28. The molecule has 1 fully saturated rings. The number of alkyl carbamates (subject to hydrolysis) is 1. The molecule has 0 aliphatic heterocycles. The summed E-state index contributed by atoms with van der Waals surface area (Å²) >= 11 is 0. The largest absolute Gasteiger partial charge is 0.461 e. The number of nitrogens with one attached hydrogen (secondary N) is 1. The quantitative estimate of drug-likeness (QED) is 0.811. The molecule has 1 aliphatic rings. The summed E-state index contributed by atoms with van der Waals surface area (Å²) in [7, 11) is 0. The van der Waals surface area contributed by atoms with Gasteiger partial charge in [0.15, 0.2) is 0 Å². The van der Waals surface area contributed by atoms with E-state index in [1.54, 1.807) is 0 Å². The van der Waals surface area contributed by atoms with E-state index in [1.165, 1.54) is 0 Å². The lowest BCUT2D eigenvalue weighted by molar-refractivity contribution is -0.146. The molecule has 0 heterocycles. The third kappa shape index (κ3) is 7.16. The van der Waals surface area contributed by atoms with Crippen molar-refractivity contribution in [3.8, 4) is 0 Å². The van der Waals surface area contributed by atoms with Crippen LogP contribution in [-0.2, 0) is 20.9 Å². The van der Waals surface area contributed by atoms with Gasteiger partial charge in [-0.2, -0.15) is 0 Å². The maximum absolute atomic E-state index is 12.2. The summed E-state index contributed by atoms with van der Waals surface area (Å²) in [6, 6.07) is 9.60. The Morgan fingerprint density at radius 3 is 2.48 bits per heavy atom. The fourth-order valence-electron chi connectivity index (χ4n) is 3.11. The van der Waals surface area contributed by atoms with Crippen molar-refractivity contribution in [2.75, 3.05) is 0 Å². The van der Waals surface area contributed by atoms with Crippen LogP contribution in [-0.4, -0.2) is 23.7 Å². The molecule has 1 saturated carbocycles. The van der Waals surface area contributed by atoms with Gasteiger partial charge < -0.3 is 14.8 Å². The van der Waals surface area contributed by atoms with Gasteiger partial charge in [0.1, 0.15) is 12.2 Å². The Labute approximate surface area is 150 Å². The minimum atomic E-state index is -0.525. The lowest BCUT2D eigenvalue weighted by atomic mass is 9.82. The number of carbonyl (C=O) groups is 2. The van der Waals surface area contributed by atoms with E-state index < -0.39 is 11.7 Å². The van der Waals surface area contributed by atoms with Crippen molar-refractivity contribution in [1.82, 2.24) is 5.32 Å². The monoisotopic (exact) mass is 347 g/mol. The van der Waals surface area contributed by atoms with Gasteiger partial charge in [-0.25, -0.2) is 4.79 Å². The molecule has 25 heavy (non-hydrogen) atoms. The number of hydrogen-bond acceptors (Lipinski definition) is 4. The number of ether oxygens (including phenoxy) is 2. The molecule has 0 radical (unpaired) electrons. The summed E-state index contributed by atoms with van der Waals surface area (Å²) < 4.78 is 10.7. The molecule has 1 amide bonds. The topological polar surface area (TPSA) is 64.6 Å². The van der Waals surface area contributed by atoms with Crippen molar-refractivity contribution in [1.29, 1.82) is 0 Å². The minimum absolute atomic E-state index is 0.0344. The molecule has 2 unspecified atom stereocenters. The molecule has 5 nitrogen and oxygen atoms in total. The Balaban J connectivity index is 1.83. The fraction of sp³-hybridized carbons (Fsp3) is 0.600. The van der Waals surface area contributed by atoms with Crippen LogP contribution in [0.5, 0.6) is 0 Å². The van der Waals surface area contributed by atoms with Gasteiger partial charge in [0.2, 0.25) is 0 Å². The summed E-state index contributed by atoms with van der Waals surface area (Å²) in [5, 5.41) is 2.94. The smallest absolute Gasteiger partial charge is 0.407 e. The number of rotatable bonds is 5. The maximum atomic E-state index is 12.2. The molecule has 138 valence electrons. The predicted octanol–water partition coefficient (Wildman–Crippen LogP) is 4.20. The molecule has 5 heteroatoms. The van der Waals surface area contributed by atoms with Crippen LogP contribution in [0.15, 0.2) is 30.3 Å². The second kappa shape index (κ2) is 8.88. The lowest BCUT2D eigenvalue weighted by Gasteiger charge is -2.32. The van der Waals surface area contributed by atoms with Crippen LogP contribution in [0.2, 0.25) is 0 Å². The van der Waals surface area contributed by atoms with E-state index in [-0.39, 0.29) is 24.5 Å². The van der Waals surface area contributed by atoms with E-state index in [0.717, 1.165) is 31.2 Å². The maximum Gasteiger partial charge on any atom is 0.407 e. The number of hydrogen-bond donors (Lipinski definition) is 1. The van der Waals surface area contributed by atoms with Crippen molar-refractivity contribution in [2.24, 2.45) is 5.92 Å². The van der Waals surface area contributed by atoms with Crippen molar-refractivity contribution < 1.29 is 19.1 Å². The van der Waals surface area contributed by atoms with Crippen LogP contribution < -0.4 is 5.32 Å². The van der Waals surface area contributed by atoms with Crippen molar-refractivity contribution in [3.63, 3.8) is 0 Å². The van der Waals surface area contributed by atoms with Crippen LogP contribution >= 0.6 is 0 Å². The molecule has 1 aromatic rings. The van der Waals surface area contributed by atoms with Gasteiger partial charge in [-0.05, 0) is 45.1 Å². The van der Waals surface area contributed by atoms with Gasteiger partial charge in [0, 0.05) is 6.04 Å². The van der Waals surface area contributed by atoms with Crippen LogP contribution in [0.1, 0.15) is 58.4 Å². The third-order valence-corrected chi connectivity index (χ3v) is 4.28. The highest BCUT2D eigenvalue weighted by Gasteiger charge is 2.30. The zero-order valence-corrected chi connectivity index (χ0v) is 15.4. The Morgan fingerprint density at radius 2 is 1.80 bits per heavy atom. The van der Waals surface area contributed by atoms with Gasteiger partial charge in [-0.3, -0.25) is 4.79 Å². The predicted molar refractivity (Wildman–Crippen MR) is 96.0 cm³/mol. The van der Waals surface area contributed by atoms with Gasteiger partial charge in [-0.1, -0.05) is 43.2 Å². The number of benzene rings is 1. The van der Waals surface area contributed by atoms with Gasteiger partial charge in [0.25, 0.3) is 0 Å². The number of esters is 1. The second-order valence-electron chi connectivity index (χ2n) is 7.65. The van der Waals surface area contributed by atoms with Crippen molar-refractivity contribution in [3.05, 3.63) is 35.9 Å². The zero-order chi connectivity index (χ0) is 18.3. The van der Waals surface area contributed by atoms with Crippen molar-refractivity contribution in [2.45, 2.75) is 71.1 Å². The molecule has 1 aliphatic carbocycles. The minimum Gasteiger partial charge on any atom is -0.461 e. The summed E-state index contributed by atoms with van der Waals surface area (Å²) in [5.74, 6) is -0.115. The lowest BCUT2D eigenvalue weighted by Crippen LogP contribution is -2.45. The normalized spacial score (nSPS) is 20.6. The Hall–Kier alpha value is -2.04. The molecule has 0 bridgehead atoms. The standard InChI is InChI=1S/C20H29NO4/c1-20(2,3)25-19(23)21-17-12-8-7-11-16(17)13-18(22)24-14-15-9-5-4-6-10-15/h4-6,9-10,16-17H,7-8,11-14H2,1-3H3,(H,21,23). The average Bonchev–Trinajstić information content (AvgIpc) is 2.54. The van der Waals surface area contributed by atoms with Gasteiger partial charge in [0.05, 0.1) is 6.42 Å². The fourth-order valence-corrected chi connectivity index (χ4v) is 3.11. The molecule has 2 rings (SSSR count). The number of amides is 1. The Bertz CT molecular complexity index is 565. The first-order valence-electron chi connectivity index (χ1n) is 9.02. The molecule has 2 atom stereocenters. The zero-order valence-electron chi connectivity index (χ0n) is 15.4. The van der Waals surface area contributed by atoms with E-state index in [9.17, 15) is 9.59 Å². The first-order valence-corrected chi connectivity index (χ1v) is 9.02. The van der Waals surface area contributed by atoms with Crippen LogP contribution in [0.3, 0.4) is 0 Å². The highest BCUT2D eigenvalue weighted by Crippen LogP contribution is 2.28. The molecule has 1 aromatic carbocycles. The first kappa shape index (κ1) is 19.3. The first-order chi connectivity index (χ1) is 11.8. The van der Waals surface area contributed by atoms with Gasteiger partial charge >= 0.3 is 12.1 Å². The van der Waals surface area contributed by atoms with Crippen molar-refractivity contribution >= 4 is 12.1 Å². The Morgan fingerprint density at radius 1 is 1.12 bits per heavy atom. The molecule has 0 aromatic heterocycles. The SMILES string of the molecule is CC(C)(C)OC(=O)NC1CCCCC1CC(=O)OCc1ccccc1. The molecule has 1 N–H and O–H groups in total. The van der Waals surface area contributed by atoms with E-state index in [2.05, 4.69) is 5.32 Å². The van der Waals surface area contributed by atoms with E-state index >= 15 is 0 Å². The molecular weight excluding hydrogens is 318 g/mol. The van der Waals surface area contributed by atoms with E-state index in [0.29, 0.717) is 6.42 Å². The van der Waals surface area contributed by atoms with Crippen LogP contribution in [0.4, 0.5) is 4.79 Å². The number of carbonyl (C=O) groups excluding carboxylic acids is 2.